The average molecular weight is 504 g/mol. The first-order valence-electron chi connectivity index (χ1n) is 12.3. The summed E-state index contributed by atoms with van der Waals surface area (Å²) in [4.78, 5) is 4.55. The Hall–Kier alpha value is -2.62. The van der Waals surface area contributed by atoms with E-state index in [4.69, 9.17) is 4.74 Å². The Morgan fingerprint density at radius 1 is 1.11 bits per heavy atom. The minimum Gasteiger partial charge on any atom is -0.492 e. The number of benzene rings is 2. The molecule has 0 radical (unpaired) electrons. The highest BCUT2D eigenvalue weighted by Gasteiger charge is 2.41. The van der Waals surface area contributed by atoms with E-state index >= 15 is 0 Å². The fraction of sp³-hybridized carbons (Fsp3) is 0.519. The van der Waals surface area contributed by atoms with E-state index in [0.29, 0.717) is 43.6 Å². The fourth-order valence-corrected chi connectivity index (χ4v) is 5.88. The number of ether oxygens (including phenoxy) is 1. The van der Waals surface area contributed by atoms with E-state index in [1.807, 2.05) is 39.2 Å². The van der Waals surface area contributed by atoms with Crippen LogP contribution >= 0.6 is 0 Å². The smallest absolute Gasteiger partial charge is 0.416 e. The maximum absolute atomic E-state index is 13.0. The van der Waals surface area contributed by atoms with Crippen molar-refractivity contribution in [2.45, 2.75) is 82.0 Å². The number of fused-ring (bicyclic) bond motifs is 1. The number of nitrogens with zero attached hydrogens (tertiary/aromatic N) is 2. The number of alkyl halides is 3. The molecule has 6 nitrogen and oxygen atoms in total. The van der Waals surface area contributed by atoms with Crippen molar-refractivity contribution in [1.82, 2.24) is 14.9 Å². The Kier molecular flexibility index (Phi) is 6.08. The summed E-state index contributed by atoms with van der Waals surface area (Å²) in [5.74, 6) is 0.670. The molecule has 0 bridgehead atoms. The van der Waals surface area contributed by atoms with Crippen LogP contribution in [0.5, 0.6) is 5.75 Å². The van der Waals surface area contributed by atoms with Gasteiger partial charge in [-0.2, -0.15) is 13.2 Å². The summed E-state index contributed by atoms with van der Waals surface area (Å²) in [5, 5.41) is 24.9. The summed E-state index contributed by atoms with van der Waals surface area (Å²) in [6, 6.07) is 8.63. The average Bonchev–Trinajstić information content (AvgIpc) is 3.19. The molecule has 0 amide bonds. The Labute approximate surface area is 208 Å². The molecular formula is C27H32F3N3O3. The van der Waals surface area contributed by atoms with E-state index in [2.05, 4.69) is 14.9 Å². The van der Waals surface area contributed by atoms with Crippen molar-refractivity contribution in [2.24, 2.45) is 0 Å². The van der Waals surface area contributed by atoms with Crippen LogP contribution in [0.15, 0.2) is 42.7 Å². The summed E-state index contributed by atoms with van der Waals surface area (Å²) in [6.07, 6.45) is -0.486. The van der Waals surface area contributed by atoms with Gasteiger partial charge in [-0.05, 0) is 75.8 Å². The molecular weight excluding hydrogens is 471 g/mol. The largest absolute Gasteiger partial charge is 0.492 e. The minimum absolute atomic E-state index is 0.0424. The van der Waals surface area contributed by atoms with Crippen LogP contribution in [0.4, 0.5) is 13.2 Å². The van der Waals surface area contributed by atoms with E-state index in [0.717, 1.165) is 28.7 Å². The monoisotopic (exact) mass is 503 g/mol. The Balaban J connectivity index is 1.28. The van der Waals surface area contributed by atoms with Crippen molar-refractivity contribution in [3.05, 3.63) is 59.4 Å². The van der Waals surface area contributed by atoms with Crippen LogP contribution in [0.1, 0.15) is 62.3 Å². The lowest BCUT2D eigenvalue weighted by molar-refractivity contribution is -0.137. The van der Waals surface area contributed by atoms with Gasteiger partial charge in [0.25, 0.3) is 0 Å². The predicted octanol–water partition coefficient (Wildman–Crippen LogP) is 4.86. The number of imidazole rings is 1. The summed E-state index contributed by atoms with van der Waals surface area (Å²) >= 11 is 0. The molecule has 3 aromatic rings. The molecule has 2 heterocycles. The Morgan fingerprint density at radius 3 is 2.44 bits per heavy atom. The SMILES string of the molecule is Cc1cc(OC[C@@H]2C[C@](O)(c3ccc(C(F)(F)F)cc3)C[C@H](C)N2)cc2ncn(C3CC(C)(O)C3)c12. The lowest BCUT2D eigenvalue weighted by Gasteiger charge is -2.42. The first-order chi connectivity index (χ1) is 16.8. The number of aryl methyl sites for hydroxylation is 1. The molecule has 2 fully saturated rings. The summed E-state index contributed by atoms with van der Waals surface area (Å²) in [7, 11) is 0. The number of aromatic nitrogens is 2. The van der Waals surface area contributed by atoms with Crippen molar-refractivity contribution in [3.63, 3.8) is 0 Å². The summed E-state index contributed by atoms with van der Waals surface area (Å²) in [5.41, 5.74) is 0.763. The van der Waals surface area contributed by atoms with Gasteiger partial charge in [-0.3, -0.25) is 0 Å². The molecule has 9 heteroatoms. The third-order valence-corrected chi connectivity index (χ3v) is 7.53. The van der Waals surface area contributed by atoms with E-state index < -0.39 is 22.9 Å². The highest BCUT2D eigenvalue weighted by Crippen LogP contribution is 2.43. The van der Waals surface area contributed by atoms with Crippen LogP contribution < -0.4 is 10.1 Å². The van der Waals surface area contributed by atoms with Crippen molar-refractivity contribution in [1.29, 1.82) is 0 Å². The molecule has 1 aliphatic heterocycles. The zero-order valence-corrected chi connectivity index (χ0v) is 20.6. The molecule has 36 heavy (non-hydrogen) atoms. The van der Waals surface area contributed by atoms with Crippen LogP contribution in [0.2, 0.25) is 0 Å². The van der Waals surface area contributed by atoms with Crippen LogP contribution in [-0.2, 0) is 11.8 Å². The summed E-state index contributed by atoms with van der Waals surface area (Å²) < 4.78 is 47.1. The fourth-order valence-electron chi connectivity index (χ4n) is 5.88. The van der Waals surface area contributed by atoms with Crippen LogP contribution in [0.3, 0.4) is 0 Å². The molecule has 1 saturated heterocycles. The van der Waals surface area contributed by atoms with Gasteiger partial charge >= 0.3 is 6.18 Å². The number of nitrogens with one attached hydrogen (secondary N) is 1. The second kappa shape index (κ2) is 8.75. The van der Waals surface area contributed by atoms with Gasteiger partial charge in [0.15, 0.2) is 0 Å². The van der Waals surface area contributed by atoms with E-state index in [9.17, 15) is 23.4 Å². The predicted molar refractivity (Wildman–Crippen MR) is 130 cm³/mol. The topological polar surface area (TPSA) is 79.5 Å². The van der Waals surface area contributed by atoms with Gasteiger partial charge in [-0.25, -0.2) is 4.98 Å². The van der Waals surface area contributed by atoms with E-state index in [1.54, 1.807) is 0 Å². The summed E-state index contributed by atoms with van der Waals surface area (Å²) in [6.45, 7) is 6.10. The van der Waals surface area contributed by atoms with E-state index in [-0.39, 0.29) is 18.1 Å². The lowest BCUT2D eigenvalue weighted by atomic mass is 9.77. The maximum atomic E-state index is 13.0. The highest BCUT2D eigenvalue weighted by molar-refractivity contribution is 5.81. The highest BCUT2D eigenvalue weighted by atomic mass is 19.4. The van der Waals surface area contributed by atoms with Gasteiger partial charge in [-0.15, -0.1) is 0 Å². The zero-order valence-electron chi connectivity index (χ0n) is 20.6. The molecule has 2 aromatic carbocycles. The maximum Gasteiger partial charge on any atom is 0.416 e. The number of hydrogen-bond acceptors (Lipinski definition) is 5. The standard InChI is InChI=1S/C27H32F3N3O3/c1-16-8-22(9-23-24(16)33(15-31-23)21-12-25(3,34)13-21)36-14-20-11-26(35,10-17(2)32-20)18-4-6-19(7-5-18)27(28,29)30/h4-9,15,17,20-21,32,34-35H,10-14H2,1-3H3/t17-,20-,21?,25?,26-/m0/s1. The van der Waals surface area contributed by atoms with Crippen molar-refractivity contribution in [2.75, 3.05) is 6.61 Å². The molecule has 1 saturated carbocycles. The molecule has 2 aliphatic rings. The second-order valence-corrected chi connectivity index (χ2v) is 10.9. The number of halogens is 3. The zero-order chi connectivity index (χ0) is 25.9. The van der Waals surface area contributed by atoms with Gasteiger partial charge in [0, 0.05) is 24.2 Å². The molecule has 1 aliphatic carbocycles. The molecule has 1 aromatic heterocycles. The molecule has 3 N–H and O–H groups in total. The molecule has 3 atom stereocenters. The molecule has 0 spiro atoms. The number of aliphatic hydroxyl groups is 2. The van der Waals surface area contributed by atoms with Gasteiger partial charge in [0.2, 0.25) is 0 Å². The number of hydrogen-bond donors (Lipinski definition) is 3. The Morgan fingerprint density at radius 2 is 1.81 bits per heavy atom. The third-order valence-electron chi connectivity index (χ3n) is 7.53. The van der Waals surface area contributed by atoms with Crippen LogP contribution in [-0.4, -0.2) is 44.1 Å². The first-order valence-corrected chi connectivity index (χ1v) is 12.3. The first kappa shape index (κ1) is 25.0. The van der Waals surface area contributed by atoms with Crippen LogP contribution in [0.25, 0.3) is 11.0 Å². The van der Waals surface area contributed by atoms with Crippen molar-refractivity contribution < 1.29 is 28.1 Å². The van der Waals surface area contributed by atoms with Crippen molar-refractivity contribution >= 4 is 11.0 Å². The van der Waals surface area contributed by atoms with Gasteiger partial charge in [-0.1, -0.05) is 12.1 Å². The van der Waals surface area contributed by atoms with Gasteiger partial charge < -0.3 is 24.8 Å². The Bertz CT molecular complexity index is 1250. The molecule has 5 rings (SSSR count). The normalized spacial score (nSPS) is 30.8. The lowest BCUT2D eigenvalue weighted by Crippen LogP contribution is -2.53. The van der Waals surface area contributed by atoms with Crippen molar-refractivity contribution in [3.8, 4) is 5.75 Å². The quantitative estimate of drug-likeness (QED) is 0.464. The van der Waals surface area contributed by atoms with Crippen LogP contribution in [0, 0.1) is 6.92 Å². The van der Waals surface area contributed by atoms with Gasteiger partial charge in [0.1, 0.15) is 12.4 Å². The minimum atomic E-state index is -4.41. The molecule has 194 valence electrons. The third kappa shape index (κ3) is 4.84. The molecule has 0 unspecified atom stereocenters. The van der Waals surface area contributed by atoms with E-state index in [1.165, 1.54) is 12.1 Å². The second-order valence-electron chi connectivity index (χ2n) is 10.9. The van der Waals surface area contributed by atoms with Gasteiger partial charge in [0.05, 0.1) is 34.1 Å². The number of piperidine rings is 1. The number of rotatable bonds is 5.